The van der Waals surface area contributed by atoms with Crippen molar-refractivity contribution in [1.29, 1.82) is 0 Å². The molecule has 3 rings (SSSR count). The standard InChI is InChI=1S/C17H21N3O3/c1-2-17(23)7-10-20(11-14(17)21)16(22)13-6-4-3-5-12(13)15-18-8-9-19-15/h3-6,8-9,14,21,23H,2,7,10-11H2,1H3,(H,18,19)/t14-,17-/m1/s1. The predicted octanol–water partition coefficient (Wildman–Crippen LogP) is 1.42. The number of amides is 1. The number of β-amino-alcohol motifs (C(OH)–C–C–N with tert-alkyl or cyclic N) is 1. The van der Waals surface area contributed by atoms with Gasteiger partial charge in [-0.3, -0.25) is 4.79 Å². The summed E-state index contributed by atoms with van der Waals surface area (Å²) in [4.78, 5) is 21.7. The van der Waals surface area contributed by atoms with Gasteiger partial charge in [0.1, 0.15) is 11.9 Å². The predicted molar refractivity (Wildman–Crippen MR) is 85.8 cm³/mol. The Morgan fingerprint density at radius 2 is 2.26 bits per heavy atom. The molecule has 0 unspecified atom stereocenters. The van der Waals surface area contributed by atoms with Crippen molar-refractivity contribution < 1.29 is 15.0 Å². The van der Waals surface area contributed by atoms with Gasteiger partial charge in [-0.15, -0.1) is 0 Å². The average molecular weight is 315 g/mol. The number of carbonyl (C=O) groups excluding carboxylic acids is 1. The molecule has 6 heteroatoms. The molecule has 2 heterocycles. The van der Waals surface area contributed by atoms with Crippen molar-refractivity contribution in [2.45, 2.75) is 31.5 Å². The Balaban J connectivity index is 1.85. The van der Waals surface area contributed by atoms with Crippen LogP contribution < -0.4 is 0 Å². The lowest BCUT2D eigenvalue weighted by Gasteiger charge is -2.41. The second-order valence-electron chi connectivity index (χ2n) is 5.96. The number of aliphatic hydroxyl groups is 2. The van der Waals surface area contributed by atoms with Crippen LogP contribution in [0.4, 0.5) is 0 Å². The maximum Gasteiger partial charge on any atom is 0.254 e. The van der Waals surface area contributed by atoms with Crippen LogP contribution in [0.5, 0.6) is 0 Å². The van der Waals surface area contributed by atoms with E-state index in [0.29, 0.717) is 30.8 Å². The first-order valence-corrected chi connectivity index (χ1v) is 7.83. The van der Waals surface area contributed by atoms with Gasteiger partial charge in [-0.25, -0.2) is 4.98 Å². The zero-order chi connectivity index (χ0) is 16.4. The number of aromatic amines is 1. The van der Waals surface area contributed by atoms with Gasteiger partial charge in [0.2, 0.25) is 0 Å². The molecule has 1 aliphatic heterocycles. The topological polar surface area (TPSA) is 89.5 Å². The molecular weight excluding hydrogens is 294 g/mol. The van der Waals surface area contributed by atoms with Crippen LogP contribution in [0, 0.1) is 0 Å². The monoisotopic (exact) mass is 315 g/mol. The molecule has 6 nitrogen and oxygen atoms in total. The fourth-order valence-corrected chi connectivity index (χ4v) is 3.02. The summed E-state index contributed by atoms with van der Waals surface area (Å²) in [6.07, 6.45) is 3.27. The minimum atomic E-state index is -1.10. The molecule has 2 atom stereocenters. The van der Waals surface area contributed by atoms with Crippen molar-refractivity contribution in [1.82, 2.24) is 14.9 Å². The summed E-state index contributed by atoms with van der Waals surface area (Å²) in [6.45, 7) is 2.40. The van der Waals surface area contributed by atoms with E-state index in [-0.39, 0.29) is 12.5 Å². The number of piperidine rings is 1. The second-order valence-corrected chi connectivity index (χ2v) is 5.96. The van der Waals surface area contributed by atoms with Crippen LogP contribution in [0.25, 0.3) is 11.4 Å². The minimum Gasteiger partial charge on any atom is -0.388 e. The van der Waals surface area contributed by atoms with E-state index in [0.717, 1.165) is 5.56 Å². The molecule has 1 aromatic heterocycles. The lowest BCUT2D eigenvalue weighted by Crippen LogP contribution is -2.56. The highest BCUT2D eigenvalue weighted by atomic mass is 16.3. The maximum absolute atomic E-state index is 12.9. The molecular formula is C17H21N3O3. The van der Waals surface area contributed by atoms with E-state index >= 15 is 0 Å². The molecule has 1 aromatic carbocycles. The third-order valence-electron chi connectivity index (χ3n) is 4.64. The van der Waals surface area contributed by atoms with Gasteiger partial charge in [-0.1, -0.05) is 25.1 Å². The normalized spacial score (nSPS) is 24.7. The number of aliphatic hydroxyl groups excluding tert-OH is 1. The van der Waals surface area contributed by atoms with Gasteiger partial charge in [-0.2, -0.15) is 0 Å². The fraction of sp³-hybridized carbons (Fsp3) is 0.412. The van der Waals surface area contributed by atoms with Crippen LogP contribution >= 0.6 is 0 Å². The Hall–Kier alpha value is -2.18. The van der Waals surface area contributed by atoms with Gasteiger partial charge in [0.05, 0.1) is 11.2 Å². The van der Waals surface area contributed by atoms with Gasteiger partial charge < -0.3 is 20.1 Å². The number of hydrogen-bond donors (Lipinski definition) is 3. The summed E-state index contributed by atoms with van der Waals surface area (Å²) in [7, 11) is 0. The van der Waals surface area contributed by atoms with E-state index in [1.807, 2.05) is 25.1 Å². The maximum atomic E-state index is 12.9. The third-order valence-corrected chi connectivity index (χ3v) is 4.64. The third kappa shape index (κ3) is 2.87. The molecule has 3 N–H and O–H groups in total. The molecule has 2 aromatic rings. The number of benzene rings is 1. The van der Waals surface area contributed by atoms with E-state index < -0.39 is 11.7 Å². The van der Waals surface area contributed by atoms with E-state index in [9.17, 15) is 15.0 Å². The minimum absolute atomic E-state index is 0.135. The van der Waals surface area contributed by atoms with Crippen LogP contribution in [-0.2, 0) is 0 Å². The quantitative estimate of drug-likeness (QED) is 0.799. The fourth-order valence-electron chi connectivity index (χ4n) is 3.02. The Morgan fingerprint density at radius 3 is 2.91 bits per heavy atom. The zero-order valence-corrected chi connectivity index (χ0v) is 13.1. The second kappa shape index (κ2) is 6.14. The molecule has 0 radical (unpaired) electrons. The van der Waals surface area contributed by atoms with Gasteiger partial charge in [-0.05, 0) is 18.9 Å². The lowest BCUT2D eigenvalue weighted by molar-refractivity contribution is -0.114. The Kier molecular flexibility index (Phi) is 4.19. The molecule has 1 aliphatic rings. The van der Waals surface area contributed by atoms with E-state index in [4.69, 9.17) is 0 Å². The summed E-state index contributed by atoms with van der Waals surface area (Å²) in [6, 6.07) is 7.26. The van der Waals surface area contributed by atoms with Crippen molar-refractivity contribution in [3.8, 4) is 11.4 Å². The number of H-pyrrole nitrogens is 1. The summed E-state index contributed by atoms with van der Waals surface area (Å²) in [5, 5.41) is 20.5. The largest absolute Gasteiger partial charge is 0.388 e. The number of imidazole rings is 1. The van der Waals surface area contributed by atoms with Crippen LogP contribution in [-0.4, -0.2) is 55.8 Å². The summed E-state index contributed by atoms with van der Waals surface area (Å²) < 4.78 is 0. The van der Waals surface area contributed by atoms with Gasteiger partial charge >= 0.3 is 0 Å². The number of rotatable bonds is 3. The molecule has 0 saturated carbocycles. The number of nitrogens with zero attached hydrogens (tertiary/aromatic N) is 2. The molecule has 1 amide bonds. The van der Waals surface area contributed by atoms with Crippen molar-refractivity contribution >= 4 is 5.91 Å². The van der Waals surface area contributed by atoms with Crippen molar-refractivity contribution in [3.63, 3.8) is 0 Å². The summed E-state index contributed by atoms with van der Waals surface area (Å²) >= 11 is 0. The first-order chi connectivity index (χ1) is 11.0. The summed E-state index contributed by atoms with van der Waals surface area (Å²) in [5.41, 5.74) is 0.169. The Bertz CT molecular complexity index is 686. The van der Waals surface area contributed by atoms with Crippen LogP contribution in [0.15, 0.2) is 36.7 Å². The van der Waals surface area contributed by atoms with Crippen LogP contribution in [0.3, 0.4) is 0 Å². The zero-order valence-electron chi connectivity index (χ0n) is 13.1. The summed E-state index contributed by atoms with van der Waals surface area (Å²) in [5.74, 6) is 0.478. The molecule has 122 valence electrons. The molecule has 0 spiro atoms. The average Bonchev–Trinajstić information content (AvgIpc) is 3.11. The Labute approximate surface area is 134 Å². The number of nitrogens with one attached hydrogen (secondary N) is 1. The number of likely N-dealkylation sites (tertiary alicyclic amines) is 1. The van der Waals surface area contributed by atoms with Gasteiger partial charge in [0.25, 0.3) is 5.91 Å². The highest BCUT2D eigenvalue weighted by molar-refractivity contribution is 6.00. The van der Waals surface area contributed by atoms with E-state index in [1.165, 1.54) is 0 Å². The Morgan fingerprint density at radius 1 is 1.48 bits per heavy atom. The molecule has 1 fully saturated rings. The molecule has 0 aliphatic carbocycles. The van der Waals surface area contributed by atoms with Crippen molar-refractivity contribution in [2.75, 3.05) is 13.1 Å². The number of aromatic nitrogens is 2. The first kappa shape index (κ1) is 15.7. The van der Waals surface area contributed by atoms with Crippen molar-refractivity contribution in [3.05, 3.63) is 42.2 Å². The van der Waals surface area contributed by atoms with E-state index in [1.54, 1.807) is 23.4 Å². The SMILES string of the molecule is CC[C@@]1(O)CCN(C(=O)c2ccccc2-c2ncc[nH]2)C[C@H]1O. The molecule has 1 saturated heterocycles. The molecule has 23 heavy (non-hydrogen) atoms. The highest BCUT2D eigenvalue weighted by Crippen LogP contribution is 2.28. The number of hydrogen-bond acceptors (Lipinski definition) is 4. The van der Waals surface area contributed by atoms with E-state index in [2.05, 4.69) is 9.97 Å². The lowest BCUT2D eigenvalue weighted by atomic mass is 9.86. The van der Waals surface area contributed by atoms with Crippen molar-refractivity contribution in [2.24, 2.45) is 0 Å². The highest BCUT2D eigenvalue weighted by Gasteiger charge is 2.40. The van der Waals surface area contributed by atoms with Crippen LogP contribution in [0.1, 0.15) is 30.1 Å². The number of carbonyl (C=O) groups is 1. The smallest absolute Gasteiger partial charge is 0.254 e. The van der Waals surface area contributed by atoms with Gasteiger partial charge in [0, 0.05) is 31.0 Å². The molecule has 0 bridgehead atoms. The first-order valence-electron chi connectivity index (χ1n) is 7.83. The van der Waals surface area contributed by atoms with Crippen LogP contribution in [0.2, 0.25) is 0 Å². The van der Waals surface area contributed by atoms with Gasteiger partial charge in [0.15, 0.2) is 0 Å².